The Hall–Kier alpha value is -2.63. The number of nitrogens with one attached hydrogen (secondary N) is 1. The Bertz CT molecular complexity index is 1390. The number of carbonyl (C=O) groups is 2. The van der Waals surface area contributed by atoms with E-state index in [0.29, 0.717) is 29.9 Å². The van der Waals surface area contributed by atoms with Crippen molar-refractivity contribution in [2.45, 2.75) is 58.1 Å². The van der Waals surface area contributed by atoms with Crippen LogP contribution in [-0.2, 0) is 22.4 Å². The fourth-order valence-electron chi connectivity index (χ4n) is 3.95. The molecule has 0 spiro atoms. The number of rotatable bonds is 13. The molecule has 3 aromatic carbocycles. The second-order valence-electron chi connectivity index (χ2n) is 10.7. The van der Waals surface area contributed by atoms with Gasteiger partial charge in [0.05, 0.1) is 33.2 Å². The molecule has 0 aliphatic heterocycles. The molecule has 0 aromatic heterocycles. The Morgan fingerprint density at radius 2 is 1.28 bits per heavy atom. The van der Waals surface area contributed by atoms with Gasteiger partial charge in [0.25, 0.3) is 0 Å². The lowest BCUT2D eigenvalue weighted by Crippen LogP contribution is -2.38. The molecule has 0 fully saturated rings. The highest BCUT2D eigenvalue weighted by Gasteiger charge is 2.20. The van der Waals surface area contributed by atoms with Gasteiger partial charge >= 0.3 is 11.9 Å². The fourth-order valence-corrected chi connectivity index (χ4v) is 5.07. The summed E-state index contributed by atoms with van der Waals surface area (Å²) < 4.78 is 23.4. The normalized spacial score (nSPS) is 11.7. The molecule has 0 aliphatic rings. The van der Waals surface area contributed by atoms with E-state index in [-0.39, 0.29) is 48.8 Å². The largest absolute Gasteiger partial charge is 0.497 e. The molecule has 0 saturated heterocycles. The lowest BCUT2D eigenvalue weighted by atomic mass is 10.1. The van der Waals surface area contributed by atoms with E-state index >= 15 is 0 Å². The Morgan fingerprint density at radius 1 is 0.791 bits per heavy atom. The van der Waals surface area contributed by atoms with E-state index in [4.69, 9.17) is 18.9 Å². The molecule has 3 rings (SSSR count). The zero-order valence-electron chi connectivity index (χ0n) is 24.9. The van der Waals surface area contributed by atoms with Crippen LogP contribution in [0, 0.1) is 0 Å². The smallest absolute Gasteiger partial charge is 0.311 e. The minimum Gasteiger partial charge on any atom is -0.497 e. The molecule has 0 aliphatic carbocycles. The summed E-state index contributed by atoms with van der Waals surface area (Å²) in [5.41, 5.74) is 2.17. The number of carbonyl (C=O) groups excluding carboxylic acids is 2. The standard InChI is InChI=1S/C32H37Br2NO7.ClH/c1-32(2,3)35-19-27(36)22-8-13-28(41-30(37)14-9-20-6-11-23(39-4)17-25(20)33)29(16-22)42-31(38)15-10-21-7-12-24(40-5)18-26(21)34;/h6-8,11-13,16-18,27,35-36H,9-10,14-15,19H2,1-5H3;1H. The quantitative estimate of drug-likeness (QED) is 0.141. The van der Waals surface area contributed by atoms with Gasteiger partial charge in [-0.25, -0.2) is 0 Å². The van der Waals surface area contributed by atoms with Crippen molar-refractivity contribution < 1.29 is 33.6 Å². The van der Waals surface area contributed by atoms with E-state index in [1.54, 1.807) is 32.4 Å². The summed E-state index contributed by atoms with van der Waals surface area (Å²) in [5, 5.41) is 14.0. The summed E-state index contributed by atoms with van der Waals surface area (Å²) in [5.74, 6) is 0.596. The first-order valence-corrected chi connectivity index (χ1v) is 15.1. The molecule has 2 N–H and O–H groups in total. The summed E-state index contributed by atoms with van der Waals surface area (Å²) >= 11 is 7.01. The number of aliphatic hydroxyl groups is 1. The summed E-state index contributed by atoms with van der Waals surface area (Å²) in [4.78, 5) is 25.7. The highest BCUT2D eigenvalue weighted by Crippen LogP contribution is 2.32. The number of halogens is 3. The molecule has 0 radical (unpaired) electrons. The lowest BCUT2D eigenvalue weighted by molar-refractivity contribution is -0.137. The molecule has 1 atom stereocenters. The van der Waals surface area contributed by atoms with Crippen molar-refractivity contribution in [3.05, 3.63) is 80.2 Å². The van der Waals surface area contributed by atoms with Gasteiger partial charge in [-0.15, -0.1) is 12.4 Å². The first kappa shape index (κ1) is 36.6. The topological polar surface area (TPSA) is 103 Å². The number of esters is 2. The fraction of sp³-hybridized carbons (Fsp3) is 0.375. The van der Waals surface area contributed by atoms with Gasteiger partial charge in [0.15, 0.2) is 11.5 Å². The van der Waals surface area contributed by atoms with E-state index in [9.17, 15) is 14.7 Å². The Kier molecular flexibility index (Phi) is 14.5. The van der Waals surface area contributed by atoms with Crippen LogP contribution in [0.3, 0.4) is 0 Å². The summed E-state index contributed by atoms with van der Waals surface area (Å²) in [6, 6.07) is 15.8. The van der Waals surface area contributed by atoms with Crippen LogP contribution >= 0.6 is 44.3 Å². The van der Waals surface area contributed by atoms with E-state index in [1.165, 1.54) is 0 Å². The van der Waals surface area contributed by atoms with E-state index < -0.39 is 18.0 Å². The maximum atomic E-state index is 12.9. The van der Waals surface area contributed by atoms with Crippen molar-refractivity contribution in [3.63, 3.8) is 0 Å². The molecule has 3 aromatic rings. The minimum atomic E-state index is -0.867. The van der Waals surface area contributed by atoms with Crippen molar-refractivity contribution in [1.29, 1.82) is 0 Å². The Morgan fingerprint density at radius 3 is 1.72 bits per heavy atom. The highest BCUT2D eigenvalue weighted by molar-refractivity contribution is 9.10. The maximum absolute atomic E-state index is 12.9. The highest BCUT2D eigenvalue weighted by atomic mass is 79.9. The third kappa shape index (κ3) is 11.8. The van der Waals surface area contributed by atoms with Gasteiger partial charge in [-0.05, 0) is 86.7 Å². The van der Waals surface area contributed by atoms with Gasteiger partial charge in [-0.3, -0.25) is 9.59 Å². The lowest BCUT2D eigenvalue weighted by Gasteiger charge is -2.23. The minimum absolute atomic E-state index is 0. The number of aliphatic hydroxyl groups excluding tert-OH is 1. The van der Waals surface area contributed by atoms with Crippen molar-refractivity contribution in [3.8, 4) is 23.0 Å². The Labute approximate surface area is 276 Å². The molecule has 0 heterocycles. The molecule has 0 bridgehead atoms. The second kappa shape index (κ2) is 17.0. The molecule has 0 saturated carbocycles. The molecular weight excluding hydrogens is 706 g/mol. The number of benzene rings is 3. The monoisotopic (exact) mass is 741 g/mol. The van der Waals surface area contributed by atoms with E-state index in [0.717, 1.165) is 20.1 Å². The average Bonchev–Trinajstić information content (AvgIpc) is 2.94. The molecular formula is C32H38Br2ClNO7. The van der Waals surface area contributed by atoms with Gasteiger partial charge in [-0.1, -0.05) is 50.1 Å². The third-order valence-electron chi connectivity index (χ3n) is 6.34. The zero-order valence-corrected chi connectivity index (χ0v) is 28.9. The summed E-state index contributed by atoms with van der Waals surface area (Å²) in [7, 11) is 3.18. The molecule has 11 heteroatoms. The SMILES string of the molecule is COc1ccc(CCC(=O)Oc2ccc(C(O)CNC(C)(C)C)cc2OC(=O)CCc2ccc(OC)cc2Br)c(Br)c1.Cl. The number of hydrogen-bond donors (Lipinski definition) is 2. The number of hydrogen-bond acceptors (Lipinski definition) is 8. The van der Waals surface area contributed by atoms with Crippen LogP contribution in [0.4, 0.5) is 0 Å². The molecule has 234 valence electrons. The average molecular weight is 744 g/mol. The van der Waals surface area contributed by atoms with Crippen LogP contribution in [0.15, 0.2) is 63.5 Å². The van der Waals surface area contributed by atoms with Crippen LogP contribution in [0.2, 0.25) is 0 Å². The number of β-amino-alcohol motifs (C(OH)–C–C–N with tert-alkyl or cyclic N) is 1. The van der Waals surface area contributed by atoms with Gasteiger partial charge in [0, 0.05) is 21.0 Å². The van der Waals surface area contributed by atoms with E-state index in [2.05, 4.69) is 37.2 Å². The molecule has 1 unspecified atom stereocenters. The number of methoxy groups -OCH3 is 2. The van der Waals surface area contributed by atoms with Gasteiger partial charge in [0.2, 0.25) is 0 Å². The molecule has 43 heavy (non-hydrogen) atoms. The van der Waals surface area contributed by atoms with Crippen molar-refractivity contribution >= 4 is 56.2 Å². The number of aryl methyl sites for hydroxylation is 2. The Balaban J connectivity index is 0.00000645. The predicted octanol–water partition coefficient (Wildman–Crippen LogP) is 7.15. The predicted molar refractivity (Wildman–Crippen MR) is 176 cm³/mol. The van der Waals surface area contributed by atoms with Crippen molar-refractivity contribution in [1.82, 2.24) is 5.32 Å². The number of ether oxygens (including phenoxy) is 4. The third-order valence-corrected chi connectivity index (χ3v) is 7.82. The summed E-state index contributed by atoms with van der Waals surface area (Å²) in [6.45, 7) is 6.29. The summed E-state index contributed by atoms with van der Waals surface area (Å²) in [6.07, 6.45) is 0.179. The first-order chi connectivity index (χ1) is 19.9. The first-order valence-electron chi connectivity index (χ1n) is 13.5. The maximum Gasteiger partial charge on any atom is 0.311 e. The molecule has 0 amide bonds. The van der Waals surface area contributed by atoms with Gasteiger partial charge < -0.3 is 29.4 Å². The van der Waals surface area contributed by atoms with Crippen LogP contribution in [-0.4, -0.2) is 43.3 Å². The second-order valence-corrected chi connectivity index (χ2v) is 12.4. The zero-order chi connectivity index (χ0) is 30.9. The van der Waals surface area contributed by atoms with Crippen LogP contribution in [0.5, 0.6) is 23.0 Å². The van der Waals surface area contributed by atoms with E-state index in [1.807, 2.05) is 57.2 Å². The van der Waals surface area contributed by atoms with Gasteiger partial charge in [0.1, 0.15) is 11.5 Å². The van der Waals surface area contributed by atoms with Crippen LogP contribution in [0.25, 0.3) is 0 Å². The van der Waals surface area contributed by atoms with Crippen LogP contribution in [0.1, 0.15) is 56.4 Å². The van der Waals surface area contributed by atoms with Crippen LogP contribution < -0.4 is 24.3 Å². The van der Waals surface area contributed by atoms with Crippen molar-refractivity contribution in [2.75, 3.05) is 20.8 Å². The van der Waals surface area contributed by atoms with Crippen molar-refractivity contribution in [2.24, 2.45) is 0 Å². The van der Waals surface area contributed by atoms with Gasteiger partial charge in [-0.2, -0.15) is 0 Å². The molecule has 8 nitrogen and oxygen atoms in total.